The molecule has 5 heteroatoms. The Morgan fingerprint density at radius 1 is 1.71 bits per heavy atom. The average Bonchev–Trinajstić information content (AvgIpc) is 2.76. The van der Waals surface area contributed by atoms with Crippen molar-refractivity contribution >= 4 is 5.91 Å². The van der Waals surface area contributed by atoms with Gasteiger partial charge in [-0.3, -0.25) is 9.48 Å². The lowest BCUT2D eigenvalue weighted by atomic mass is 9.99. The summed E-state index contributed by atoms with van der Waals surface area (Å²) in [7, 11) is 1.92. The fraction of sp³-hybridized carbons (Fsp3) is 0.667. The molecule has 5 nitrogen and oxygen atoms in total. The maximum atomic E-state index is 11.8. The van der Waals surface area contributed by atoms with Crippen LogP contribution in [0, 0.1) is 5.92 Å². The van der Waals surface area contributed by atoms with E-state index in [4.69, 9.17) is 0 Å². The molecule has 2 rings (SSSR count). The van der Waals surface area contributed by atoms with E-state index in [1.807, 2.05) is 17.8 Å². The number of nitrogens with one attached hydrogen (secondary N) is 2. The summed E-state index contributed by atoms with van der Waals surface area (Å²) in [5, 5.41) is 10.3. The minimum Gasteiger partial charge on any atom is -0.355 e. The third-order valence-corrected chi connectivity index (χ3v) is 3.27. The third-order valence-electron chi connectivity index (χ3n) is 3.27. The first-order chi connectivity index (χ1) is 8.27. The number of rotatable bonds is 4. The quantitative estimate of drug-likeness (QED) is 0.778. The van der Waals surface area contributed by atoms with Crippen LogP contribution >= 0.6 is 0 Å². The van der Waals surface area contributed by atoms with Crippen LogP contribution in [0.1, 0.15) is 18.5 Å². The SMILES string of the molecule is Cn1nccc1CCNC(=O)[C@@H]1CCCNC1. The van der Waals surface area contributed by atoms with Gasteiger partial charge < -0.3 is 10.6 Å². The summed E-state index contributed by atoms with van der Waals surface area (Å²) < 4.78 is 1.84. The first-order valence-electron chi connectivity index (χ1n) is 6.22. The smallest absolute Gasteiger partial charge is 0.224 e. The second-order valence-corrected chi connectivity index (χ2v) is 4.53. The van der Waals surface area contributed by atoms with E-state index in [-0.39, 0.29) is 11.8 Å². The molecule has 1 fully saturated rings. The Labute approximate surface area is 102 Å². The van der Waals surface area contributed by atoms with E-state index in [0.29, 0.717) is 6.54 Å². The van der Waals surface area contributed by atoms with E-state index in [1.165, 1.54) is 0 Å². The van der Waals surface area contributed by atoms with Crippen LogP contribution in [-0.4, -0.2) is 35.3 Å². The van der Waals surface area contributed by atoms with Crippen molar-refractivity contribution in [3.8, 4) is 0 Å². The van der Waals surface area contributed by atoms with E-state index in [0.717, 1.165) is 38.0 Å². The Morgan fingerprint density at radius 2 is 2.59 bits per heavy atom. The van der Waals surface area contributed by atoms with Crippen LogP contribution < -0.4 is 10.6 Å². The minimum absolute atomic E-state index is 0.148. The van der Waals surface area contributed by atoms with Gasteiger partial charge >= 0.3 is 0 Å². The monoisotopic (exact) mass is 236 g/mol. The molecule has 1 aromatic rings. The number of carbonyl (C=O) groups is 1. The number of aromatic nitrogens is 2. The lowest BCUT2D eigenvalue weighted by Gasteiger charge is -2.21. The normalized spacial score (nSPS) is 20.2. The first kappa shape index (κ1) is 12.1. The van der Waals surface area contributed by atoms with Crippen molar-refractivity contribution in [3.05, 3.63) is 18.0 Å². The molecule has 17 heavy (non-hydrogen) atoms. The van der Waals surface area contributed by atoms with Gasteiger partial charge in [0.25, 0.3) is 0 Å². The average molecular weight is 236 g/mol. The molecule has 1 aromatic heterocycles. The van der Waals surface area contributed by atoms with Crippen molar-refractivity contribution in [2.24, 2.45) is 13.0 Å². The van der Waals surface area contributed by atoms with Gasteiger partial charge in [0.15, 0.2) is 0 Å². The van der Waals surface area contributed by atoms with E-state index in [2.05, 4.69) is 15.7 Å². The summed E-state index contributed by atoms with van der Waals surface area (Å²) in [5.41, 5.74) is 1.15. The topological polar surface area (TPSA) is 59.0 Å². The largest absolute Gasteiger partial charge is 0.355 e. The van der Waals surface area contributed by atoms with Gasteiger partial charge in [0.05, 0.1) is 5.92 Å². The van der Waals surface area contributed by atoms with E-state index < -0.39 is 0 Å². The Balaban J connectivity index is 1.71. The molecule has 1 amide bonds. The van der Waals surface area contributed by atoms with E-state index >= 15 is 0 Å². The number of aryl methyl sites for hydroxylation is 1. The number of carbonyl (C=O) groups excluding carboxylic acids is 1. The predicted octanol–water partition coefficient (Wildman–Crippen LogP) is 0.0784. The molecule has 1 aliphatic heterocycles. The van der Waals surface area contributed by atoms with Crippen molar-refractivity contribution in [1.29, 1.82) is 0 Å². The van der Waals surface area contributed by atoms with Crippen molar-refractivity contribution in [3.63, 3.8) is 0 Å². The molecule has 0 unspecified atom stereocenters. The van der Waals surface area contributed by atoms with Gasteiger partial charge in [0.1, 0.15) is 0 Å². The molecule has 0 radical (unpaired) electrons. The van der Waals surface area contributed by atoms with Crippen molar-refractivity contribution in [1.82, 2.24) is 20.4 Å². The minimum atomic E-state index is 0.148. The summed E-state index contributed by atoms with van der Waals surface area (Å²) in [6.07, 6.45) is 4.72. The van der Waals surface area contributed by atoms with Gasteiger partial charge in [-0.1, -0.05) is 0 Å². The lowest BCUT2D eigenvalue weighted by Crippen LogP contribution is -2.41. The number of hydrogen-bond donors (Lipinski definition) is 2. The second kappa shape index (κ2) is 5.82. The molecular weight excluding hydrogens is 216 g/mol. The molecule has 2 heterocycles. The van der Waals surface area contributed by atoms with Crippen LogP contribution in [0.5, 0.6) is 0 Å². The molecule has 2 N–H and O–H groups in total. The van der Waals surface area contributed by atoms with Crippen LogP contribution in [0.25, 0.3) is 0 Å². The first-order valence-corrected chi connectivity index (χ1v) is 6.22. The zero-order chi connectivity index (χ0) is 12.1. The van der Waals surface area contributed by atoms with E-state index in [1.54, 1.807) is 6.20 Å². The number of nitrogens with zero attached hydrogens (tertiary/aromatic N) is 2. The summed E-state index contributed by atoms with van der Waals surface area (Å²) in [4.78, 5) is 11.8. The molecule has 0 bridgehead atoms. The zero-order valence-corrected chi connectivity index (χ0v) is 10.3. The number of hydrogen-bond acceptors (Lipinski definition) is 3. The zero-order valence-electron chi connectivity index (χ0n) is 10.3. The van der Waals surface area contributed by atoms with Crippen LogP contribution in [0.15, 0.2) is 12.3 Å². The predicted molar refractivity (Wildman–Crippen MR) is 65.5 cm³/mol. The fourth-order valence-corrected chi connectivity index (χ4v) is 2.18. The molecular formula is C12H20N4O. The van der Waals surface area contributed by atoms with E-state index in [9.17, 15) is 4.79 Å². The van der Waals surface area contributed by atoms with Crippen molar-refractivity contribution < 1.29 is 4.79 Å². The number of amides is 1. The molecule has 1 aliphatic rings. The highest BCUT2D eigenvalue weighted by molar-refractivity contribution is 5.78. The standard InChI is InChI=1S/C12H20N4O/c1-16-11(5-8-15-16)4-7-14-12(17)10-3-2-6-13-9-10/h5,8,10,13H,2-4,6-7,9H2,1H3,(H,14,17)/t10-/m1/s1. The number of piperidine rings is 1. The molecule has 94 valence electrons. The molecule has 0 aromatic carbocycles. The van der Waals surface area contributed by atoms with Gasteiger partial charge in [-0.25, -0.2) is 0 Å². The van der Waals surface area contributed by atoms with Gasteiger partial charge in [-0.05, 0) is 25.5 Å². The van der Waals surface area contributed by atoms with Gasteiger partial charge in [0, 0.05) is 38.4 Å². The Kier molecular flexibility index (Phi) is 4.14. The Morgan fingerprint density at radius 3 is 3.24 bits per heavy atom. The molecule has 0 aliphatic carbocycles. The van der Waals surface area contributed by atoms with Crippen LogP contribution in [-0.2, 0) is 18.3 Å². The molecule has 1 saturated heterocycles. The molecule has 0 saturated carbocycles. The summed E-state index contributed by atoms with van der Waals surface area (Å²) >= 11 is 0. The van der Waals surface area contributed by atoms with Gasteiger partial charge in [-0.2, -0.15) is 5.10 Å². The van der Waals surface area contributed by atoms with Crippen molar-refractivity contribution in [2.75, 3.05) is 19.6 Å². The van der Waals surface area contributed by atoms with Crippen LogP contribution in [0.2, 0.25) is 0 Å². The highest BCUT2D eigenvalue weighted by atomic mass is 16.1. The fourth-order valence-electron chi connectivity index (χ4n) is 2.18. The maximum Gasteiger partial charge on any atom is 0.224 e. The third kappa shape index (κ3) is 3.30. The summed E-state index contributed by atoms with van der Waals surface area (Å²) in [6, 6.07) is 1.98. The van der Waals surface area contributed by atoms with Crippen LogP contribution in [0.4, 0.5) is 0 Å². The van der Waals surface area contributed by atoms with Gasteiger partial charge in [-0.15, -0.1) is 0 Å². The molecule has 1 atom stereocenters. The van der Waals surface area contributed by atoms with Crippen LogP contribution in [0.3, 0.4) is 0 Å². The Bertz CT molecular complexity index is 368. The summed E-state index contributed by atoms with van der Waals surface area (Å²) in [5.74, 6) is 0.328. The highest BCUT2D eigenvalue weighted by Crippen LogP contribution is 2.09. The van der Waals surface area contributed by atoms with Gasteiger partial charge in [0.2, 0.25) is 5.91 Å². The highest BCUT2D eigenvalue weighted by Gasteiger charge is 2.20. The lowest BCUT2D eigenvalue weighted by molar-refractivity contribution is -0.125. The summed E-state index contributed by atoms with van der Waals surface area (Å²) in [6.45, 7) is 2.55. The maximum absolute atomic E-state index is 11.8. The van der Waals surface area contributed by atoms with Crippen molar-refractivity contribution in [2.45, 2.75) is 19.3 Å². The molecule has 0 spiro atoms. The Hall–Kier alpha value is -1.36. The second-order valence-electron chi connectivity index (χ2n) is 4.53.